The topological polar surface area (TPSA) is 29.9 Å². The van der Waals surface area contributed by atoms with Crippen molar-refractivity contribution in [2.24, 2.45) is 0 Å². The molecule has 9 heteroatoms. The lowest BCUT2D eigenvalue weighted by atomic mass is 10.0. The number of aromatic nitrogens is 1. The standard InChI is InChI=1S/C32H35ClF3N3O2/c1-3-4-14-39-22-28(24-9-11-26(12-10-24)41-32(34,35)36)27-19-23(8-13-29(27)39)20-37-15-17-38(18-16-37)21-25-6-5-7-30(40-2)31(25)33/h5-13,19,22H,3-4,14-18,20-21H2,1-2H3. The molecule has 0 radical (unpaired) electrons. The highest BCUT2D eigenvalue weighted by Gasteiger charge is 2.31. The molecule has 0 atom stereocenters. The van der Waals surface area contributed by atoms with Crippen molar-refractivity contribution in [3.63, 3.8) is 0 Å². The van der Waals surface area contributed by atoms with Crippen molar-refractivity contribution in [3.05, 3.63) is 83.0 Å². The second-order valence-electron chi connectivity index (χ2n) is 10.5. The van der Waals surface area contributed by atoms with E-state index in [-0.39, 0.29) is 5.75 Å². The van der Waals surface area contributed by atoms with Crippen molar-refractivity contribution in [2.45, 2.75) is 45.8 Å². The fraction of sp³-hybridized carbons (Fsp3) is 0.375. The first-order chi connectivity index (χ1) is 19.7. The van der Waals surface area contributed by atoms with Crippen LogP contribution in [0.2, 0.25) is 5.02 Å². The molecule has 1 aromatic heterocycles. The third kappa shape index (κ3) is 7.18. The largest absolute Gasteiger partial charge is 0.573 e. The third-order valence-corrected chi connectivity index (χ3v) is 8.05. The van der Waals surface area contributed by atoms with E-state index in [1.165, 1.54) is 17.7 Å². The SMILES string of the molecule is CCCCn1cc(-c2ccc(OC(F)(F)F)cc2)c2cc(CN3CCN(Cc4cccc(OC)c4Cl)CC3)ccc21. The predicted molar refractivity (Wildman–Crippen MR) is 158 cm³/mol. The van der Waals surface area contributed by atoms with Gasteiger partial charge in [-0.1, -0.05) is 55.3 Å². The lowest BCUT2D eigenvalue weighted by Gasteiger charge is -2.35. The number of rotatable bonds is 10. The van der Waals surface area contributed by atoms with Crippen LogP contribution in [0.1, 0.15) is 30.9 Å². The number of halogens is 4. The lowest BCUT2D eigenvalue weighted by Crippen LogP contribution is -2.45. The molecule has 0 aliphatic carbocycles. The Bertz CT molecular complexity index is 1460. The van der Waals surface area contributed by atoms with Crippen LogP contribution >= 0.6 is 11.6 Å². The summed E-state index contributed by atoms with van der Waals surface area (Å²) in [6.45, 7) is 8.46. The Balaban J connectivity index is 1.30. The number of ether oxygens (including phenoxy) is 2. The van der Waals surface area contributed by atoms with Gasteiger partial charge in [0.2, 0.25) is 0 Å². The zero-order chi connectivity index (χ0) is 29.0. The van der Waals surface area contributed by atoms with Crippen molar-refractivity contribution >= 4 is 22.5 Å². The molecule has 3 aromatic carbocycles. The molecular formula is C32H35ClF3N3O2. The van der Waals surface area contributed by atoms with Gasteiger partial charge in [0.05, 0.1) is 12.1 Å². The molecule has 0 N–H and O–H groups in total. The minimum atomic E-state index is -4.71. The van der Waals surface area contributed by atoms with Crippen LogP contribution in [0.15, 0.2) is 66.9 Å². The van der Waals surface area contributed by atoms with E-state index in [4.69, 9.17) is 16.3 Å². The van der Waals surface area contributed by atoms with Gasteiger partial charge in [-0.2, -0.15) is 0 Å². The molecule has 2 heterocycles. The third-order valence-electron chi connectivity index (χ3n) is 7.63. The van der Waals surface area contributed by atoms with Crippen LogP contribution in [-0.4, -0.2) is 54.0 Å². The Morgan fingerprint density at radius 3 is 2.27 bits per heavy atom. The Hall–Kier alpha value is -3.20. The smallest absolute Gasteiger partial charge is 0.495 e. The van der Waals surface area contributed by atoms with Gasteiger partial charge in [-0.05, 0) is 53.4 Å². The van der Waals surface area contributed by atoms with Crippen LogP contribution in [0.5, 0.6) is 11.5 Å². The zero-order valence-electron chi connectivity index (χ0n) is 23.4. The number of unbranched alkanes of at least 4 members (excludes halogenated alkanes) is 1. The summed E-state index contributed by atoms with van der Waals surface area (Å²) < 4.78 is 49.6. The summed E-state index contributed by atoms with van der Waals surface area (Å²) in [5, 5.41) is 1.78. The molecule has 1 aliphatic heterocycles. The average molecular weight is 586 g/mol. The number of benzene rings is 3. The number of hydrogen-bond acceptors (Lipinski definition) is 4. The minimum absolute atomic E-state index is 0.218. The maximum Gasteiger partial charge on any atom is 0.573 e. The fourth-order valence-electron chi connectivity index (χ4n) is 5.46. The maximum absolute atomic E-state index is 12.7. The van der Waals surface area contributed by atoms with Crippen LogP contribution in [0, 0.1) is 0 Å². The molecule has 5 rings (SSSR count). The van der Waals surface area contributed by atoms with E-state index in [2.05, 4.69) is 50.4 Å². The van der Waals surface area contributed by atoms with E-state index in [9.17, 15) is 13.2 Å². The van der Waals surface area contributed by atoms with Crippen molar-refractivity contribution in [1.29, 1.82) is 0 Å². The van der Waals surface area contributed by atoms with Gasteiger partial charge in [0, 0.05) is 68.5 Å². The second-order valence-corrected chi connectivity index (χ2v) is 10.9. The summed E-state index contributed by atoms with van der Waals surface area (Å²) in [7, 11) is 1.63. The van der Waals surface area contributed by atoms with Crippen molar-refractivity contribution in [2.75, 3.05) is 33.3 Å². The van der Waals surface area contributed by atoms with Gasteiger partial charge >= 0.3 is 6.36 Å². The average Bonchev–Trinajstić information content (AvgIpc) is 3.31. The molecule has 4 aromatic rings. The molecular weight excluding hydrogens is 551 g/mol. The maximum atomic E-state index is 12.7. The molecule has 1 fully saturated rings. The van der Waals surface area contributed by atoms with Crippen LogP contribution in [0.4, 0.5) is 13.2 Å². The van der Waals surface area contributed by atoms with E-state index in [0.29, 0.717) is 10.8 Å². The Kier molecular flexibility index (Phi) is 9.12. The normalized spacial score (nSPS) is 15.0. The monoisotopic (exact) mass is 585 g/mol. The van der Waals surface area contributed by atoms with Gasteiger partial charge in [-0.15, -0.1) is 13.2 Å². The van der Waals surface area contributed by atoms with E-state index in [1.54, 1.807) is 19.2 Å². The number of alkyl halides is 3. The van der Waals surface area contributed by atoms with Crippen LogP contribution < -0.4 is 9.47 Å². The zero-order valence-corrected chi connectivity index (χ0v) is 24.1. The molecule has 0 saturated carbocycles. The number of fused-ring (bicyclic) bond motifs is 1. The molecule has 0 bridgehead atoms. The van der Waals surface area contributed by atoms with Gasteiger partial charge < -0.3 is 14.0 Å². The highest BCUT2D eigenvalue weighted by molar-refractivity contribution is 6.32. The molecule has 0 spiro atoms. The second kappa shape index (κ2) is 12.8. The van der Waals surface area contributed by atoms with Gasteiger partial charge in [-0.25, -0.2) is 0 Å². The summed E-state index contributed by atoms with van der Waals surface area (Å²) in [5.41, 5.74) is 5.29. The molecule has 41 heavy (non-hydrogen) atoms. The fourth-order valence-corrected chi connectivity index (χ4v) is 5.73. The molecule has 218 valence electrons. The number of nitrogens with zero attached hydrogens (tertiary/aromatic N) is 3. The Morgan fingerprint density at radius 2 is 1.61 bits per heavy atom. The first kappa shape index (κ1) is 29.3. The molecule has 0 amide bonds. The molecule has 5 nitrogen and oxygen atoms in total. The summed E-state index contributed by atoms with van der Waals surface area (Å²) in [4.78, 5) is 4.88. The van der Waals surface area contributed by atoms with E-state index < -0.39 is 6.36 Å². The van der Waals surface area contributed by atoms with Gasteiger partial charge in [-0.3, -0.25) is 9.80 Å². The number of methoxy groups -OCH3 is 1. The van der Waals surface area contributed by atoms with Crippen molar-refractivity contribution < 1.29 is 22.6 Å². The summed E-state index contributed by atoms with van der Waals surface area (Å²) in [6.07, 6.45) is -0.465. The number of aryl methyl sites for hydroxylation is 1. The Labute approximate surface area is 244 Å². The van der Waals surface area contributed by atoms with E-state index in [0.717, 1.165) is 86.2 Å². The Morgan fingerprint density at radius 1 is 0.902 bits per heavy atom. The van der Waals surface area contributed by atoms with Gasteiger partial charge in [0.1, 0.15) is 11.5 Å². The van der Waals surface area contributed by atoms with Crippen LogP contribution in [-0.2, 0) is 19.6 Å². The lowest BCUT2D eigenvalue weighted by molar-refractivity contribution is -0.274. The van der Waals surface area contributed by atoms with Crippen LogP contribution in [0.25, 0.3) is 22.0 Å². The number of hydrogen-bond donors (Lipinski definition) is 0. The summed E-state index contributed by atoms with van der Waals surface area (Å²) >= 11 is 6.52. The van der Waals surface area contributed by atoms with Crippen molar-refractivity contribution in [3.8, 4) is 22.6 Å². The highest BCUT2D eigenvalue weighted by atomic mass is 35.5. The summed E-state index contributed by atoms with van der Waals surface area (Å²) in [5.74, 6) is 0.483. The highest BCUT2D eigenvalue weighted by Crippen LogP contribution is 2.34. The quantitative estimate of drug-likeness (QED) is 0.189. The first-order valence-corrected chi connectivity index (χ1v) is 14.4. The van der Waals surface area contributed by atoms with E-state index in [1.807, 2.05) is 18.2 Å². The molecule has 1 aliphatic rings. The first-order valence-electron chi connectivity index (χ1n) is 14.0. The minimum Gasteiger partial charge on any atom is -0.495 e. The van der Waals surface area contributed by atoms with Gasteiger partial charge in [0.15, 0.2) is 0 Å². The summed E-state index contributed by atoms with van der Waals surface area (Å²) in [6, 6.07) is 18.6. The predicted octanol–water partition coefficient (Wildman–Crippen LogP) is 7.99. The number of piperazine rings is 1. The molecule has 1 saturated heterocycles. The van der Waals surface area contributed by atoms with Gasteiger partial charge in [0.25, 0.3) is 0 Å². The van der Waals surface area contributed by atoms with Crippen LogP contribution in [0.3, 0.4) is 0 Å². The molecule has 0 unspecified atom stereocenters. The van der Waals surface area contributed by atoms with Crippen molar-refractivity contribution in [1.82, 2.24) is 14.4 Å². The van der Waals surface area contributed by atoms with E-state index >= 15 is 0 Å².